The minimum absolute atomic E-state index is 0.778. The van der Waals surface area contributed by atoms with Crippen molar-refractivity contribution in [2.24, 2.45) is 0 Å². The van der Waals surface area contributed by atoms with Gasteiger partial charge in [0.25, 0.3) is 0 Å². The molecule has 2 nitrogen and oxygen atoms in total. The molecule has 2 rings (SSSR count). The number of halogens is 1. The Hall–Kier alpha value is -1.51. The molecule has 0 aliphatic heterocycles. The largest absolute Gasteiger partial charge is 0.381 e. The molecule has 0 aliphatic carbocycles. The third-order valence-corrected chi connectivity index (χ3v) is 3.07. The van der Waals surface area contributed by atoms with Gasteiger partial charge in [-0.05, 0) is 49.5 Å². The molecule has 2 aromatic carbocycles. The highest BCUT2D eigenvalue weighted by molar-refractivity contribution is 6.30. The maximum absolute atomic E-state index is 5.96. The van der Waals surface area contributed by atoms with Crippen LogP contribution >= 0.6 is 11.6 Å². The van der Waals surface area contributed by atoms with E-state index in [0.717, 1.165) is 23.8 Å². The van der Waals surface area contributed by atoms with E-state index in [0.29, 0.717) is 0 Å². The molecule has 100 valence electrons. The molecule has 0 unspecified atom stereocenters. The second-order valence-electron chi connectivity index (χ2n) is 4.92. The van der Waals surface area contributed by atoms with Crippen LogP contribution in [0.2, 0.25) is 5.02 Å². The average molecular weight is 275 g/mol. The lowest BCUT2D eigenvalue weighted by Gasteiger charge is -2.11. The summed E-state index contributed by atoms with van der Waals surface area (Å²) in [5.41, 5.74) is 3.63. The third kappa shape index (κ3) is 4.58. The predicted octanol–water partition coefficient (Wildman–Crippen LogP) is 4.01. The second kappa shape index (κ2) is 6.60. The van der Waals surface area contributed by atoms with Crippen LogP contribution in [-0.2, 0) is 13.1 Å². The van der Waals surface area contributed by atoms with Crippen LogP contribution in [0.1, 0.15) is 11.1 Å². The monoisotopic (exact) mass is 274 g/mol. The summed E-state index contributed by atoms with van der Waals surface area (Å²) in [7, 11) is 4.15. The minimum atomic E-state index is 0.778. The Morgan fingerprint density at radius 1 is 1.00 bits per heavy atom. The maximum atomic E-state index is 5.96. The van der Waals surface area contributed by atoms with Crippen LogP contribution < -0.4 is 5.32 Å². The van der Waals surface area contributed by atoms with Gasteiger partial charge in [-0.1, -0.05) is 35.9 Å². The molecule has 0 aromatic heterocycles. The Morgan fingerprint density at radius 2 is 1.74 bits per heavy atom. The summed E-state index contributed by atoms with van der Waals surface area (Å²) in [6, 6.07) is 16.4. The summed E-state index contributed by atoms with van der Waals surface area (Å²) in [6.07, 6.45) is 0. The van der Waals surface area contributed by atoms with Crippen LogP contribution in [-0.4, -0.2) is 19.0 Å². The zero-order valence-electron chi connectivity index (χ0n) is 11.4. The molecule has 0 bridgehead atoms. The molecule has 0 heterocycles. The van der Waals surface area contributed by atoms with Gasteiger partial charge in [0.05, 0.1) is 0 Å². The van der Waals surface area contributed by atoms with Crippen molar-refractivity contribution < 1.29 is 0 Å². The molecule has 0 saturated carbocycles. The molecule has 0 amide bonds. The Kier molecular flexibility index (Phi) is 4.83. The number of benzene rings is 2. The molecule has 0 spiro atoms. The summed E-state index contributed by atoms with van der Waals surface area (Å²) >= 11 is 5.96. The number of hydrogen-bond acceptors (Lipinski definition) is 2. The maximum Gasteiger partial charge on any atom is 0.0409 e. The highest BCUT2D eigenvalue weighted by Gasteiger charge is 1.97. The fourth-order valence-electron chi connectivity index (χ4n) is 1.94. The first-order valence-corrected chi connectivity index (χ1v) is 6.73. The smallest absolute Gasteiger partial charge is 0.0409 e. The number of anilines is 1. The van der Waals surface area contributed by atoms with E-state index in [4.69, 9.17) is 11.6 Å². The summed E-state index contributed by atoms with van der Waals surface area (Å²) in [5.74, 6) is 0. The van der Waals surface area contributed by atoms with E-state index in [-0.39, 0.29) is 0 Å². The van der Waals surface area contributed by atoms with Crippen molar-refractivity contribution in [3.8, 4) is 0 Å². The first kappa shape index (κ1) is 13.9. The van der Waals surface area contributed by atoms with Gasteiger partial charge >= 0.3 is 0 Å². The lowest BCUT2D eigenvalue weighted by Crippen LogP contribution is -2.10. The molecule has 0 atom stereocenters. The predicted molar refractivity (Wildman–Crippen MR) is 82.6 cm³/mol. The molecule has 0 radical (unpaired) electrons. The molecular formula is C16H19ClN2. The normalized spacial score (nSPS) is 10.7. The van der Waals surface area contributed by atoms with Crippen molar-refractivity contribution in [2.45, 2.75) is 13.1 Å². The van der Waals surface area contributed by atoms with Crippen molar-refractivity contribution in [1.29, 1.82) is 0 Å². The third-order valence-electron chi connectivity index (χ3n) is 2.84. The van der Waals surface area contributed by atoms with Crippen molar-refractivity contribution in [3.05, 3.63) is 64.7 Å². The van der Waals surface area contributed by atoms with Gasteiger partial charge in [0.1, 0.15) is 0 Å². The second-order valence-corrected chi connectivity index (χ2v) is 5.35. The zero-order valence-corrected chi connectivity index (χ0v) is 12.1. The van der Waals surface area contributed by atoms with Gasteiger partial charge in [0.15, 0.2) is 0 Å². The van der Waals surface area contributed by atoms with Crippen LogP contribution in [0.4, 0.5) is 5.69 Å². The fourth-order valence-corrected chi connectivity index (χ4v) is 2.16. The Labute approximate surface area is 120 Å². The van der Waals surface area contributed by atoms with E-state index in [1.165, 1.54) is 11.1 Å². The topological polar surface area (TPSA) is 15.3 Å². The van der Waals surface area contributed by atoms with E-state index in [1.54, 1.807) is 0 Å². The molecule has 3 heteroatoms. The van der Waals surface area contributed by atoms with Gasteiger partial charge in [0.2, 0.25) is 0 Å². The van der Waals surface area contributed by atoms with Crippen LogP contribution in [0, 0.1) is 0 Å². The SMILES string of the molecule is CN(C)Cc1ccc(NCc2cccc(Cl)c2)cc1. The summed E-state index contributed by atoms with van der Waals surface area (Å²) in [4.78, 5) is 2.16. The van der Waals surface area contributed by atoms with Crippen molar-refractivity contribution in [1.82, 2.24) is 4.90 Å². The van der Waals surface area contributed by atoms with Gasteiger partial charge in [-0.25, -0.2) is 0 Å². The number of nitrogens with one attached hydrogen (secondary N) is 1. The highest BCUT2D eigenvalue weighted by atomic mass is 35.5. The standard InChI is InChI=1S/C16H19ClN2/c1-19(2)12-13-6-8-16(9-7-13)18-11-14-4-3-5-15(17)10-14/h3-10,18H,11-12H2,1-2H3. The molecule has 0 aliphatic rings. The van der Waals surface area contributed by atoms with Gasteiger partial charge in [-0.2, -0.15) is 0 Å². The Balaban J connectivity index is 1.93. The Morgan fingerprint density at radius 3 is 2.37 bits per heavy atom. The van der Waals surface area contributed by atoms with Crippen molar-refractivity contribution in [3.63, 3.8) is 0 Å². The first-order valence-electron chi connectivity index (χ1n) is 6.35. The molecule has 19 heavy (non-hydrogen) atoms. The summed E-state index contributed by atoms with van der Waals surface area (Å²) < 4.78 is 0. The van der Waals surface area contributed by atoms with Crippen LogP contribution in [0.15, 0.2) is 48.5 Å². The van der Waals surface area contributed by atoms with Gasteiger partial charge in [-0.15, -0.1) is 0 Å². The van der Waals surface area contributed by atoms with Crippen molar-refractivity contribution in [2.75, 3.05) is 19.4 Å². The van der Waals surface area contributed by atoms with Gasteiger partial charge in [-0.3, -0.25) is 0 Å². The van der Waals surface area contributed by atoms with E-state index >= 15 is 0 Å². The summed E-state index contributed by atoms with van der Waals surface area (Å²) in [5, 5.41) is 4.17. The number of rotatable bonds is 5. The lowest BCUT2D eigenvalue weighted by atomic mass is 10.2. The van der Waals surface area contributed by atoms with Crippen molar-refractivity contribution >= 4 is 17.3 Å². The van der Waals surface area contributed by atoms with Gasteiger partial charge < -0.3 is 10.2 Å². The number of nitrogens with zero attached hydrogens (tertiary/aromatic N) is 1. The molecule has 2 aromatic rings. The van der Waals surface area contributed by atoms with Crippen LogP contribution in [0.25, 0.3) is 0 Å². The quantitative estimate of drug-likeness (QED) is 0.886. The lowest BCUT2D eigenvalue weighted by molar-refractivity contribution is 0.402. The number of hydrogen-bond donors (Lipinski definition) is 1. The average Bonchev–Trinajstić information content (AvgIpc) is 2.37. The van der Waals surface area contributed by atoms with E-state index in [1.807, 2.05) is 18.2 Å². The zero-order chi connectivity index (χ0) is 13.7. The highest BCUT2D eigenvalue weighted by Crippen LogP contribution is 2.14. The molecule has 1 N–H and O–H groups in total. The minimum Gasteiger partial charge on any atom is -0.381 e. The van der Waals surface area contributed by atoms with E-state index in [2.05, 4.69) is 54.6 Å². The van der Waals surface area contributed by atoms with E-state index < -0.39 is 0 Å². The van der Waals surface area contributed by atoms with Gasteiger partial charge in [0, 0.05) is 23.8 Å². The molecule has 0 fully saturated rings. The van der Waals surface area contributed by atoms with Crippen LogP contribution in [0.5, 0.6) is 0 Å². The fraction of sp³-hybridized carbons (Fsp3) is 0.250. The van der Waals surface area contributed by atoms with E-state index in [9.17, 15) is 0 Å². The van der Waals surface area contributed by atoms with Crippen LogP contribution in [0.3, 0.4) is 0 Å². The summed E-state index contributed by atoms with van der Waals surface area (Å²) in [6.45, 7) is 1.75. The first-order chi connectivity index (χ1) is 9.13. The molecular weight excluding hydrogens is 256 g/mol. The molecule has 0 saturated heterocycles. The Bertz CT molecular complexity index is 521.